The molecule has 1 aromatic heterocycles. The highest BCUT2D eigenvalue weighted by Crippen LogP contribution is 2.16. The van der Waals surface area contributed by atoms with Crippen LogP contribution in [0.2, 0.25) is 0 Å². The van der Waals surface area contributed by atoms with Crippen molar-refractivity contribution >= 4 is 17.2 Å². The molecule has 2 nitrogen and oxygen atoms in total. The second kappa shape index (κ2) is 7.08. The van der Waals surface area contributed by atoms with Crippen LogP contribution in [0, 0.1) is 12.3 Å². The van der Waals surface area contributed by atoms with Gasteiger partial charge in [-0.3, -0.25) is 4.79 Å². The number of hydrogen-bond donors (Lipinski definition) is 1. The fraction of sp³-hybridized carbons (Fsp3) is 0.462. The molecule has 1 aromatic rings. The van der Waals surface area contributed by atoms with Crippen molar-refractivity contribution in [2.75, 3.05) is 6.54 Å². The monoisotopic (exact) mass is 235 g/mol. The highest BCUT2D eigenvalue weighted by atomic mass is 32.1. The van der Waals surface area contributed by atoms with E-state index in [4.69, 9.17) is 6.42 Å². The van der Waals surface area contributed by atoms with E-state index in [-0.39, 0.29) is 5.91 Å². The molecule has 0 fully saturated rings. The Hall–Kier alpha value is -1.27. The number of carbonyl (C=O) groups is 1. The summed E-state index contributed by atoms with van der Waals surface area (Å²) < 4.78 is 0. The lowest BCUT2D eigenvalue weighted by Gasteiger charge is -2.04. The highest BCUT2D eigenvalue weighted by Gasteiger charge is 2.10. The Bertz CT molecular complexity index is 376. The largest absolute Gasteiger partial charge is 0.351 e. The SMILES string of the molecule is C#CCCCCNC(=O)c1sccc1CC. The molecule has 0 saturated heterocycles. The van der Waals surface area contributed by atoms with Gasteiger partial charge >= 0.3 is 0 Å². The van der Waals surface area contributed by atoms with Gasteiger partial charge in [-0.15, -0.1) is 23.7 Å². The molecule has 1 amide bonds. The Kier molecular flexibility index (Phi) is 5.66. The van der Waals surface area contributed by atoms with Gasteiger partial charge < -0.3 is 5.32 Å². The Morgan fingerprint density at radius 3 is 3.06 bits per heavy atom. The zero-order valence-electron chi connectivity index (χ0n) is 9.58. The number of hydrogen-bond acceptors (Lipinski definition) is 2. The summed E-state index contributed by atoms with van der Waals surface area (Å²) in [5, 5.41) is 4.89. The first-order chi connectivity index (χ1) is 7.79. The Balaban J connectivity index is 2.33. The lowest BCUT2D eigenvalue weighted by atomic mass is 10.2. The van der Waals surface area contributed by atoms with Crippen molar-refractivity contribution in [2.24, 2.45) is 0 Å². The van der Waals surface area contributed by atoms with E-state index in [1.54, 1.807) is 0 Å². The van der Waals surface area contributed by atoms with E-state index in [0.717, 1.165) is 36.1 Å². The maximum atomic E-state index is 11.8. The number of carbonyl (C=O) groups excluding carboxylic acids is 1. The average molecular weight is 235 g/mol. The number of terminal acetylenes is 1. The van der Waals surface area contributed by atoms with Crippen LogP contribution < -0.4 is 5.32 Å². The summed E-state index contributed by atoms with van der Waals surface area (Å²) in [5.41, 5.74) is 1.13. The smallest absolute Gasteiger partial charge is 0.261 e. The van der Waals surface area contributed by atoms with Gasteiger partial charge in [0.15, 0.2) is 0 Å². The van der Waals surface area contributed by atoms with Crippen molar-refractivity contribution in [2.45, 2.75) is 32.6 Å². The van der Waals surface area contributed by atoms with Gasteiger partial charge in [0.05, 0.1) is 4.88 Å². The van der Waals surface area contributed by atoms with E-state index < -0.39 is 0 Å². The molecule has 0 aliphatic rings. The molecule has 0 aliphatic heterocycles. The Morgan fingerprint density at radius 1 is 1.56 bits per heavy atom. The molecule has 0 spiro atoms. The quantitative estimate of drug-likeness (QED) is 0.596. The fourth-order valence-electron chi connectivity index (χ4n) is 1.45. The zero-order chi connectivity index (χ0) is 11.8. The van der Waals surface area contributed by atoms with Crippen LogP contribution in [-0.4, -0.2) is 12.5 Å². The summed E-state index contributed by atoms with van der Waals surface area (Å²) in [4.78, 5) is 12.6. The summed E-state index contributed by atoms with van der Waals surface area (Å²) in [6.07, 6.45) is 8.76. The minimum Gasteiger partial charge on any atom is -0.351 e. The van der Waals surface area contributed by atoms with Crippen molar-refractivity contribution in [1.82, 2.24) is 5.32 Å². The summed E-state index contributed by atoms with van der Waals surface area (Å²) in [7, 11) is 0. The lowest BCUT2D eigenvalue weighted by Crippen LogP contribution is -2.24. The van der Waals surface area contributed by atoms with Crippen molar-refractivity contribution in [1.29, 1.82) is 0 Å². The van der Waals surface area contributed by atoms with Gasteiger partial charge in [-0.25, -0.2) is 0 Å². The first-order valence-corrected chi connectivity index (χ1v) is 6.45. The van der Waals surface area contributed by atoms with Crippen LogP contribution in [0.5, 0.6) is 0 Å². The second-order valence-corrected chi connectivity index (χ2v) is 4.46. The second-order valence-electron chi connectivity index (χ2n) is 3.55. The molecule has 0 bridgehead atoms. The van der Waals surface area contributed by atoms with Crippen LogP contribution in [-0.2, 0) is 6.42 Å². The maximum absolute atomic E-state index is 11.8. The van der Waals surface area contributed by atoms with Gasteiger partial charge in [-0.2, -0.15) is 0 Å². The van der Waals surface area contributed by atoms with Crippen molar-refractivity contribution < 1.29 is 4.79 Å². The minimum atomic E-state index is 0.0487. The van der Waals surface area contributed by atoms with Crippen molar-refractivity contribution in [3.05, 3.63) is 21.9 Å². The summed E-state index contributed by atoms with van der Waals surface area (Å²) >= 11 is 1.51. The molecule has 0 aromatic carbocycles. The fourth-order valence-corrected chi connectivity index (χ4v) is 2.36. The molecular formula is C13H17NOS. The molecule has 16 heavy (non-hydrogen) atoms. The van der Waals surface area contributed by atoms with Crippen LogP contribution in [0.3, 0.4) is 0 Å². The maximum Gasteiger partial charge on any atom is 0.261 e. The number of amides is 1. The number of aryl methyl sites for hydroxylation is 1. The average Bonchev–Trinajstić information content (AvgIpc) is 2.76. The van der Waals surface area contributed by atoms with Crippen molar-refractivity contribution in [3.63, 3.8) is 0 Å². The van der Waals surface area contributed by atoms with Crippen molar-refractivity contribution in [3.8, 4) is 12.3 Å². The molecule has 86 valence electrons. The van der Waals surface area contributed by atoms with Crippen LogP contribution in [0.1, 0.15) is 41.4 Å². The molecule has 0 saturated carbocycles. The molecule has 1 heterocycles. The van der Waals surface area contributed by atoms with Gasteiger partial charge in [0.1, 0.15) is 0 Å². The van der Waals surface area contributed by atoms with Crippen LogP contribution in [0.15, 0.2) is 11.4 Å². The minimum absolute atomic E-state index is 0.0487. The van der Waals surface area contributed by atoms with E-state index in [9.17, 15) is 4.79 Å². The summed E-state index contributed by atoms with van der Waals surface area (Å²) in [5.74, 6) is 2.64. The summed E-state index contributed by atoms with van der Waals surface area (Å²) in [6, 6.07) is 2.01. The molecule has 0 aliphatic carbocycles. The predicted octanol–water partition coefficient (Wildman–Crippen LogP) is 2.84. The van der Waals surface area contributed by atoms with Crippen LogP contribution in [0.4, 0.5) is 0 Å². The first kappa shape index (κ1) is 12.8. The van der Waals surface area contributed by atoms with E-state index in [1.807, 2.05) is 11.4 Å². The number of unbranched alkanes of at least 4 members (excludes halogenated alkanes) is 2. The molecule has 0 unspecified atom stereocenters. The van der Waals surface area contributed by atoms with E-state index >= 15 is 0 Å². The standard InChI is InChI=1S/C13H17NOS/c1-3-5-6-7-9-14-13(15)12-11(4-2)8-10-16-12/h1,8,10H,4-7,9H2,2H3,(H,14,15). The van der Waals surface area contributed by atoms with Gasteiger partial charge in [0.2, 0.25) is 0 Å². The highest BCUT2D eigenvalue weighted by molar-refractivity contribution is 7.12. The number of thiophene rings is 1. The van der Waals surface area contributed by atoms with Gasteiger partial charge in [-0.05, 0) is 36.3 Å². The van der Waals surface area contributed by atoms with Gasteiger partial charge in [0.25, 0.3) is 5.91 Å². The lowest BCUT2D eigenvalue weighted by molar-refractivity contribution is 0.0956. The number of nitrogens with one attached hydrogen (secondary N) is 1. The molecule has 1 N–H and O–H groups in total. The van der Waals surface area contributed by atoms with Gasteiger partial charge in [0, 0.05) is 13.0 Å². The van der Waals surface area contributed by atoms with Crippen LogP contribution >= 0.6 is 11.3 Å². The van der Waals surface area contributed by atoms with E-state index in [2.05, 4.69) is 18.2 Å². The van der Waals surface area contributed by atoms with Crippen LogP contribution in [0.25, 0.3) is 0 Å². The molecule has 0 radical (unpaired) electrons. The molecular weight excluding hydrogens is 218 g/mol. The Labute approximate surface area is 101 Å². The molecule has 3 heteroatoms. The normalized spacial score (nSPS) is 9.75. The third-order valence-corrected chi connectivity index (χ3v) is 3.32. The number of rotatable bonds is 6. The predicted molar refractivity (Wildman–Crippen MR) is 68.7 cm³/mol. The Morgan fingerprint density at radius 2 is 2.38 bits per heavy atom. The van der Waals surface area contributed by atoms with Gasteiger partial charge in [-0.1, -0.05) is 6.92 Å². The van der Waals surface area contributed by atoms with E-state index in [1.165, 1.54) is 11.3 Å². The third-order valence-electron chi connectivity index (χ3n) is 2.37. The molecule has 0 atom stereocenters. The zero-order valence-corrected chi connectivity index (χ0v) is 10.4. The molecule has 1 rings (SSSR count). The van der Waals surface area contributed by atoms with E-state index in [0.29, 0.717) is 6.54 Å². The third kappa shape index (κ3) is 3.71. The summed E-state index contributed by atoms with van der Waals surface area (Å²) in [6.45, 7) is 2.77. The topological polar surface area (TPSA) is 29.1 Å². The first-order valence-electron chi connectivity index (χ1n) is 5.57.